The van der Waals surface area contributed by atoms with Gasteiger partial charge in [0.15, 0.2) is 15.3 Å². The summed E-state index contributed by atoms with van der Waals surface area (Å²) in [5.41, 5.74) is 2.32. The molecule has 3 nitrogen and oxygen atoms in total. The van der Waals surface area contributed by atoms with E-state index in [2.05, 4.69) is 17.1 Å². The lowest BCUT2D eigenvalue weighted by molar-refractivity contribution is 0.683. The average Bonchev–Trinajstić information content (AvgIpc) is 2.79. The summed E-state index contributed by atoms with van der Waals surface area (Å²) in [6, 6.07) is 10.4. The van der Waals surface area contributed by atoms with Gasteiger partial charge in [-0.1, -0.05) is 30.3 Å². The molecule has 1 aromatic heterocycles. The van der Waals surface area contributed by atoms with Crippen LogP contribution in [0.5, 0.6) is 0 Å². The fraction of sp³-hybridized carbons (Fsp3) is 0.250. The molecular formula is C12H14N2OS2. The van der Waals surface area contributed by atoms with Gasteiger partial charge in [0.1, 0.15) is 0 Å². The van der Waals surface area contributed by atoms with Gasteiger partial charge in [-0.3, -0.25) is 0 Å². The van der Waals surface area contributed by atoms with Gasteiger partial charge >= 0.3 is 0 Å². The molecule has 0 fully saturated rings. The summed E-state index contributed by atoms with van der Waals surface area (Å²) >= 11 is 1.37. The molecule has 0 spiro atoms. The Kier molecular flexibility index (Phi) is 4.42. The highest BCUT2D eigenvalue weighted by Crippen LogP contribution is 2.14. The number of nitrogens with zero attached hydrogens (tertiary/aromatic N) is 1. The summed E-state index contributed by atoms with van der Waals surface area (Å²) in [6.07, 6.45) is 2.99. The zero-order valence-corrected chi connectivity index (χ0v) is 11.0. The number of thiazole rings is 1. The van der Waals surface area contributed by atoms with Crippen LogP contribution in [-0.2, 0) is 23.8 Å². The highest BCUT2D eigenvalue weighted by atomic mass is 32.2. The van der Waals surface area contributed by atoms with E-state index in [9.17, 15) is 4.21 Å². The van der Waals surface area contributed by atoms with E-state index in [4.69, 9.17) is 5.14 Å². The molecule has 1 heterocycles. The summed E-state index contributed by atoms with van der Waals surface area (Å²) in [5, 5.41) is 7.20. The van der Waals surface area contributed by atoms with Crippen molar-refractivity contribution in [2.75, 3.05) is 0 Å². The number of benzene rings is 1. The average molecular weight is 266 g/mol. The van der Waals surface area contributed by atoms with Crippen LogP contribution < -0.4 is 5.14 Å². The van der Waals surface area contributed by atoms with E-state index >= 15 is 0 Å². The number of nitrogens with two attached hydrogens (primary N) is 1. The van der Waals surface area contributed by atoms with Gasteiger partial charge in [0.05, 0.1) is 5.69 Å². The van der Waals surface area contributed by atoms with Crippen molar-refractivity contribution in [1.82, 2.24) is 4.98 Å². The topological polar surface area (TPSA) is 56.0 Å². The third-order valence-corrected chi connectivity index (χ3v) is 4.34. The Bertz CT molecular complexity index is 496. The van der Waals surface area contributed by atoms with Crippen LogP contribution in [-0.4, -0.2) is 9.19 Å². The van der Waals surface area contributed by atoms with Gasteiger partial charge in [0.2, 0.25) is 0 Å². The van der Waals surface area contributed by atoms with Gasteiger partial charge in [0.25, 0.3) is 0 Å². The summed E-state index contributed by atoms with van der Waals surface area (Å²) < 4.78 is 11.5. The van der Waals surface area contributed by atoms with Crippen LogP contribution in [0.2, 0.25) is 0 Å². The van der Waals surface area contributed by atoms with Gasteiger partial charge in [-0.15, -0.1) is 11.3 Å². The van der Waals surface area contributed by atoms with Crippen molar-refractivity contribution in [2.45, 2.75) is 23.6 Å². The predicted molar refractivity (Wildman–Crippen MR) is 71.2 cm³/mol. The monoisotopic (exact) mass is 266 g/mol. The minimum atomic E-state index is -1.44. The van der Waals surface area contributed by atoms with E-state index < -0.39 is 11.0 Å². The van der Waals surface area contributed by atoms with Crippen LogP contribution >= 0.6 is 11.3 Å². The lowest BCUT2D eigenvalue weighted by atomic mass is 10.1. The summed E-state index contributed by atoms with van der Waals surface area (Å²) in [7, 11) is -1.44. The molecule has 0 saturated carbocycles. The van der Waals surface area contributed by atoms with Crippen LogP contribution in [0, 0.1) is 0 Å². The second-order valence-corrected chi connectivity index (χ2v) is 5.84. The van der Waals surface area contributed by atoms with Crippen LogP contribution in [0.25, 0.3) is 0 Å². The van der Waals surface area contributed by atoms with Crippen molar-refractivity contribution >= 4 is 22.3 Å². The quantitative estimate of drug-likeness (QED) is 0.902. The van der Waals surface area contributed by atoms with Crippen molar-refractivity contribution in [1.29, 1.82) is 0 Å². The van der Waals surface area contributed by atoms with Gasteiger partial charge in [0, 0.05) is 5.38 Å². The Morgan fingerprint density at radius 3 is 2.65 bits per heavy atom. The zero-order chi connectivity index (χ0) is 12.1. The van der Waals surface area contributed by atoms with Crippen LogP contribution in [0.3, 0.4) is 0 Å². The van der Waals surface area contributed by atoms with E-state index in [0.717, 1.165) is 25.0 Å². The fourth-order valence-corrected chi connectivity index (χ4v) is 2.92. The Labute approximate surface area is 107 Å². The first-order chi connectivity index (χ1) is 8.25. The minimum Gasteiger partial charge on any atom is -0.246 e. The first kappa shape index (κ1) is 12.4. The van der Waals surface area contributed by atoms with E-state index in [1.165, 1.54) is 16.9 Å². The van der Waals surface area contributed by atoms with Crippen molar-refractivity contribution in [3.8, 4) is 0 Å². The second-order valence-electron chi connectivity index (χ2n) is 3.74. The first-order valence-corrected chi connectivity index (χ1v) is 7.49. The van der Waals surface area contributed by atoms with Crippen molar-refractivity contribution < 1.29 is 4.21 Å². The van der Waals surface area contributed by atoms with Crippen LogP contribution in [0.15, 0.2) is 40.1 Å². The molecule has 2 N–H and O–H groups in total. The summed E-state index contributed by atoms with van der Waals surface area (Å²) in [6.45, 7) is 0. The van der Waals surface area contributed by atoms with E-state index in [1.807, 2.05) is 23.6 Å². The maximum atomic E-state index is 11.0. The third-order valence-electron chi connectivity index (χ3n) is 2.44. The normalized spacial score (nSPS) is 12.5. The molecule has 17 heavy (non-hydrogen) atoms. The molecule has 2 aromatic rings. The number of hydrogen-bond acceptors (Lipinski definition) is 3. The summed E-state index contributed by atoms with van der Waals surface area (Å²) in [5.74, 6) is 0. The third kappa shape index (κ3) is 3.73. The first-order valence-electron chi connectivity index (χ1n) is 5.40. The Hall–Kier alpha value is -1.04. The molecule has 0 bridgehead atoms. The molecule has 0 amide bonds. The molecule has 0 aliphatic carbocycles. The molecular weight excluding hydrogens is 252 g/mol. The lowest BCUT2D eigenvalue weighted by Gasteiger charge is -1.99. The predicted octanol–water partition coefficient (Wildman–Crippen LogP) is 2.30. The molecule has 1 atom stereocenters. The number of hydrogen-bond donors (Lipinski definition) is 1. The largest absolute Gasteiger partial charge is 0.246 e. The molecule has 0 aliphatic rings. The zero-order valence-electron chi connectivity index (χ0n) is 9.33. The molecule has 2 rings (SSSR count). The molecule has 1 aromatic carbocycles. The smallest absolute Gasteiger partial charge is 0.196 e. The highest BCUT2D eigenvalue weighted by Gasteiger charge is 2.05. The standard InChI is InChI=1S/C12H14N2OS2/c13-17(15)12-14-11(9-16-12)8-4-7-10-5-2-1-3-6-10/h1-3,5-6,9H,4,7-8,13H2. The molecule has 0 saturated heterocycles. The minimum absolute atomic E-state index is 0.514. The van der Waals surface area contributed by atoms with Crippen LogP contribution in [0.4, 0.5) is 0 Å². The van der Waals surface area contributed by atoms with E-state index in [-0.39, 0.29) is 0 Å². The SMILES string of the molecule is NS(=O)c1nc(CCCc2ccccc2)cs1. The number of aromatic nitrogens is 1. The Morgan fingerprint density at radius 2 is 2.00 bits per heavy atom. The van der Waals surface area contributed by atoms with Crippen molar-refractivity contribution in [3.05, 3.63) is 47.0 Å². The summed E-state index contributed by atoms with van der Waals surface area (Å²) in [4.78, 5) is 4.23. The van der Waals surface area contributed by atoms with Crippen molar-refractivity contribution in [2.24, 2.45) is 5.14 Å². The number of rotatable bonds is 5. The van der Waals surface area contributed by atoms with Crippen molar-refractivity contribution in [3.63, 3.8) is 0 Å². The van der Waals surface area contributed by atoms with Gasteiger partial charge < -0.3 is 0 Å². The van der Waals surface area contributed by atoms with E-state index in [0.29, 0.717) is 4.34 Å². The molecule has 1 unspecified atom stereocenters. The van der Waals surface area contributed by atoms with Gasteiger partial charge in [-0.05, 0) is 24.8 Å². The molecule has 90 valence electrons. The number of aryl methyl sites for hydroxylation is 2. The van der Waals surface area contributed by atoms with Gasteiger partial charge in [-0.25, -0.2) is 14.3 Å². The molecule has 0 aliphatic heterocycles. The highest BCUT2D eigenvalue weighted by molar-refractivity contribution is 7.84. The Morgan fingerprint density at radius 1 is 1.24 bits per heavy atom. The maximum Gasteiger partial charge on any atom is 0.196 e. The Balaban J connectivity index is 1.84. The molecule has 0 radical (unpaired) electrons. The van der Waals surface area contributed by atoms with Gasteiger partial charge in [-0.2, -0.15) is 0 Å². The maximum absolute atomic E-state index is 11.0. The fourth-order valence-electron chi connectivity index (χ4n) is 1.61. The van der Waals surface area contributed by atoms with E-state index in [1.54, 1.807) is 0 Å². The molecule has 5 heteroatoms. The van der Waals surface area contributed by atoms with Crippen LogP contribution in [0.1, 0.15) is 17.7 Å². The lowest BCUT2D eigenvalue weighted by Crippen LogP contribution is -2.02. The second kappa shape index (κ2) is 6.05.